The fourth-order valence-electron chi connectivity index (χ4n) is 4.23. The molecule has 0 radical (unpaired) electrons. The molecule has 0 spiro atoms. The minimum Gasteiger partial charge on any atom is -0.422 e. The third-order valence-electron chi connectivity index (χ3n) is 6.04. The van der Waals surface area contributed by atoms with Crippen molar-refractivity contribution in [3.05, 3.63) is 88.0 Å². The van der Waals surface area contributed by atoms with Gasteiger partial charge in [-0.3, -0.25) is 4.79 Å². The summed E-state index contributed by atoms with van der Waals surface area (Å²) >= 11 is 0. The molecule has 1 saturated heterocycles. The lowest BCUT2D eigenvalue weighted by molar-refractivity contribution is 0.0702. The molecule has 7 nitrogen and oxygen atoms in total. The molecule has 1 unspecified atom stereocenters. The van der Waals surface area contributed by atoms with Gasteiger partial charge in [0.05, 0.1) is 13.2 Å². The lowest BCUT2D eigenvalue weighted by Crippen LogP contribution is -2.37. The van der Waals surface area contributed by atoms with Gasteiger partial charge in [0.25, 0.3) is 5.91 Å². The van der Waals surface area contributed by atoms with E-state index < -0.39 is 5.63 Å². The van der Waals surface area contributed by atoms with E-state index in [9.17, 15) is 9.59 Å². The Morgan fingerprint density at radius 2 is 1.91 bits per heavy atom. The standard InChI is InChI=1S/C26H24N2O5/c1-17-22(24(27-33-17)19-7-3-2-4-8-19)15-28(14-18-11-12-31-16-18)25(29)21-13-20-9-5-6-10-23(20)32-26(21)30/h2-10,13,18H,11-12,14-16H2,1H3. The number of aromatic nitrogens is 1. The molecule has 2 aromatic carbocycles. The zero-order valence-corrected chi connectivity index (χ0v) is 18.3. The highest BCUT2D eigenvalue weighted by molar-refractivity contribution is 5.96. The average molecular weight is 444 g/mol. The van der Waals surface area contributed by atoms with Gasteiger partial charge >= 0.3 is 5.63 Å². The van der Waals surface area contributed by atoms with Crippen molar-refractivity contribution in [2.45, 2.75) is 19.9 Å². The van der Waals surface area contributed by atoms with Crippen molar-refractivity contribution in [3.8, 4) is 11.3 Å². The highest BCUT2D eigenvalue weighted by Gasteiger charge is 2.28. The smallest absolute Gasteiger partial charge is 0.349 e. The van der Waals surface area contributed by atoms with Gasteiger partial charge in [0.15, 0.2) is 0 Å². The number of ether oxygens (including phenoxy) is 1. The van der Waals surface area contributed by atoms with E-state index in [0.717, 1.165) is 17.5 Å². The second kappa shape index (κ2) is 9.03. The van der Waals surface area contributed by atoms with Gasteiger partial charge in [0.2, 0.25) is 0 Å². The molecule has 1 atom stereocenters. The predicted molar refractivity (Wildman–Crippen MR) is 123 cm³/mol. The van der Waals surface area contributed by atoms with Crippen molar-refractivity contribution in [3.63, 3.8) is 0 Å². The van der Waals surface area contributed by atoms with Crippen LogP contribution in [0.5, 0.6) is 0 Å². The number of rotatable bonds is 6. The number of aryl methyl sites for hydroxylation is 1. The van der Waals surface area contributed by atoms with Gasteiger partial charge in [-0.15, -0.1) is 0 Å². The van der Waals surface area contributed by atoms with Gasteiger partial charge in [0.1, 0.15) is 22.6 Å². The lowest BCUT2D eigenvalue weighted by atomic mass is 10.0. The molecular formula is C26H24N2O5. The van der Waals surface area contributed by atoms with Gasteiger partial charge in [-0.05, 0) is 25.5 Å². The van der Waals surface area contributed by atoms with Crippen LogP contribution in [0.15, 0.2) is 74.4 Å². The number of carbonyl (C=O) groups is 1. The third-order valence-corrected chi connectivity index (χ3v) is 6.04. The van der Waals surface area contributed by atoms with E-state index in [2.05, 4.69) is 5.16 Å². The van der Waals surface area contributed by atoms with Crippen LogP contribution in [0, 0.1) is 12.8 Å². The maximum absolute atomic E-state index is 13.7. The van der Waals surface area contributed by atoms with Crippen LogP contribution in [0.25, 0.3) is 22.2 Å². The average Bonchev–Trinajstić information content (AvgIpc) is 3.48. The summed E-state index contributed by atoms with van der Waals surface area (Å²) in [7, 11) is 0. The van der Waals surface area contributed by atoms with E-state index in [4.69, 9.17) is 13.7 Å². The first kappa shape index (κ1) is 21.2. The molecule has 0 saturated carbocycles. The predicted octanol–water partition coefficient (Wildman–Crippen LogP) is 4.44. The topological polar surface area (TPSA) is 85.8 Å². The van der Waals surface area contributed by atoms with Crippen LogP contribution >= 0.6 is 0 Å². The molecule has 2 aromatic heterocycles. The maximum Gasteiger partial charge on any atom is 0.349 e. The summed E-state index contributed by atoms with van der Waals surface area (Å²) in [6.07, 6.45) is 0.865. The zero-order chi connectivity index (χ0) is 22.8. The van der Waals surface area contributed by atoms with E-state index in [-0.39, 0.29) is 23.9 Å². The monoisotopic (exact) mass is 444 g/mol. The number of fused-ring (bicyclic) bond motifs is 1. The molecule has 168 valence electrons. The molecule has 1 fully saturated rings. The normalized spacial score (nSPS) is 15.7. The summed E-state index contributed by atoms with van der Waals surface area (Å²) in [6, 6.07) is 18.5. The highest BCUT2D eigenvalue weighted by atomic mass is 16.5. The Morgan fingerprint density at radius 1 is 1.12 bits per heavy atom. The van der Waals surface area contributed by atoms with E-state index in [1.807, 2.05) is 49.4 Å². The van der Waals surface area contributed by atoms with Crippen LogP contribution in [0.1, 0.15) is 28.1 Å². The molecule has 33 heavy (non-hydrogen) atoms. The van der Waals surface area contributed by atoms with Gasteiger partial charge in [0, 0.05) is 35.6 Å². The van der Waals surface area contributed by atoms with E-state index in [1.54, 1.807) is 23.1 Å². The number of hydrogen-bond donors (Lipinski definition) is 0. The minimum atomic E-state index is -0.642. The first-order valence-electron chi connectivity index (χ1n) is 11.0. The van der Waals surface area contributed by atoms with Gasteiger partial charge < -0.3 is 18.6 Å². The quantitative estimate of drug-likeness (QED) is 0.409. The Kier molecular flexibility index (Phi) is 5.79. The largest absolute Gasteiger partial charge is 0.422 e. The molecule has 0 bridgehead atoms. The Balaban J connectivity index is 1.52. The summed E-state index contributed by atoms with van der Waals surface area (Å²) < 4.78 is 16.5. The Bertz CT molecular complexity index is 1340. The van der Waals surface area contributed by atoms with Crippen molar-refractivity contribution < 1.29 is 18.5 Å². The molecule has 7 heteroatoms. The molecule has 4 aromatic rings. The summed E-state index contributed by atoms with van der Waals surface area (Å²) in [5.74, 6) is 0.461. The highest BCUT2D eigenvalue weighted by Crippen LogP contribution is 2.28. The number of hydrogen-bond acceptors (Lipinski definition) is 6. The zero-order valence-electron chi connectivity index (χ0n) is 18.3. The van der Waals surface area contributed by atoms with Crippen LogP contribution in [0.3, 0.4) is 0 Å². The number of benzene rings is 2. The molecule has 3 heterocycles. The van der Waals surface area contributed by atoms with Crippen molar-refractivity contribution in [2.24, 2.45) is 5.92 Å². The summed E-state index contributed by atoms with van der Waals surface area (Å²) in [5, 5.41) is 4.95. The van der Waals surface area contributed by atoms with Gasteiger partial charge in [-0.2, -0.15) is 0 Å². The Labute approximate surface area is 190 Å². The number of carbonyl (C=O) groups excluding carboxylic acids is 1. The molecule has 1 aliphatic rings. The Morgan fingerprint density at radius 3 is 2.70 bits per heavy atom. The van der Waals surface area contributed by atoms with Crippen LogP contribution in [0.2, 0.25) is 0 Å². The summed E-state index contributed by atoms with van der Waals surface area (Å²) in [6.45, 7) is 3.82. The van der Waals surface area contributed by atoms with Crippen molar-refractivity contribution >= 4 is 16.9 Å². The SMILES string of the molecule is Cc1onc(-c2ccccc2)c1CN(CC1CCOC1)C(=O)c1cc2ccccc2oc1=O. The van der Waals surface area contributed by atoms with Crippen LogP contribution in [-0.2, 0) is 11.3 Å². The van der Waals surface area contributed by atoms with E-state index >= 15 is 0 Å². The van der Waals surface area contributed by atoms with E-state index in [1.165, 1.54) is 0 Å². The van der Waals surface area contributed by atoms with Crippen LogP contribution in [0.4, 0.5) is 0 Å². The van der Waals surface area contributed by atoms with Gasteiger partial charge in [-0.25, -0.2) is 4.79 Å². The fraction of sp³-hybridized carbons (Fsp3) is 0.269. The number of amides is 1. The third kappa shape index (κ3) is 4.32. The first-order chi connectivity index (χ1) is 16.1. The molecule has 0 N–H and O–H groups in total. The molecule has 0 aliphatic carbocycles. The van der Waals surface area contributed by atoms with E-state index in [0.29, 0.717) is 42.2 Å². The number of nitrogens with zero attached hydrogens (tertiary/aromatic N) is 2. The van der Waals surface area contributed by atoms with Gasteiger partial charge in [-0.1, -0.05) is 53.7 Å². The van der Waals surface area contributed by atoms with Crippen molar-refractivity contribution in [1.29, 1.82) is 0 Å². The Hall–Kier alpha value is -3.71. The molecular weight excluding hydrogens is 420 g/mol. The van der Waals surface area contributed by atoms with Crippen molar-refractivity contribution in [1.82, 2.24) is 10.1 Å². The first-order valence-corrected chi connectivity index (χ1v) is 11.0. The lowest BCUT2D eigenvalue weighted by Gasteiger charge is -2.25. The number of para-hydroxylation sites is 1. The fourth-order valence-corrected chi connectivity index (χ4v) is 4.23. The second-order valence-electron chi connectivity index (χ2n) is 8.33. The molecule has 5 rings (SSSR count). The van der Waals surface area contributed by atoms with Crippen molar-refractivity contribution in [2.75, 3.05) is 19.8 Å². The second-order valence-corrected chi connectivity index (χ2v) is 8.33. The summed E-state index contributed by atoms with van der Waals surface area (Å²) in [4.78, 5) is 28.0. The minimum absolute atomic E-state index is 0.0167. The summed E-state index contributed by atoms with van der Waals surface area (Å²) in [5.41, 5.74) is 2.25. The van der Waals surface area contributed by atoms with Crippen LogP contribution < -0.4 is 5.63 Å². The van der Waals surface area contributed by atoms with Crippen LogP contribution in [-0.4, -0.2) is 35.7 Å². The maximum atomic E-state index is 13.7. The molecule has 1 aliphatic heterocycles. The molecule has 1 amide bonds.